The third kappa shape index (κ3) is 5.25. The fourth-order valence-corrected chi connectivity index (χ4v) is 6.01. The number of rotatable bonds is 8. The van der Waals surface area contributed by atoms with Crippen molar-refractivity contribution in [2.24, 2.45) is 0 Å². The monoisotopic (exact) mass is 543 g/mol. The van der Waals surface area contributed by atoms with Gasteiger partial charge in [-0.05, 0) is 54.4 Å². The number of hydrogen-bond acceptors (Lipinski definition) is 8. The molecule has 1 aliphatic rings. The van der Waals surface area contributed by atoms with Gasteiger partial charge in [0.25, 0.3) is 5.91 Å². The Labute approximate surface area is 229 Å². The summed E-state index contributed by atoms with van der Waals surface area (Å²) in [6.07, 6.45) is 0.730. The molecule has 0 unspecified atom stereocenters. The standard InChI is InChI=1S/C30H29N3O5S/c1-2-37-21-9-10-25-27(18-21)39-30(31-25)33(13-5-12-32-14-16-36-17-15-32)28(34)24-19-23-22-7-4-3-6-20(22)8-11-26(23)38-29(24)35/h3-4,6-11,18-19H,2,5,12-17H2,1H3. The third-order valence-electron chi connectivity index (χ3n) is 6.97. The van der Waals surface area contributed by atoms with Gasteiger partial charge in [-0.2, -0.15) is 0 Å². The Hall–Kier alpha value is -3.79. The van der Waals surface area contributed by atoms with E-state index >= 15 is 0 Å². The number of hydrogen-bond donors (Lipinski definition) is 0. The van der Waals surface area contributed by atoms with Gasteiger partial charge >= 0.3 is 5.63 Å². The number of anilines is 1. The third-order valence-corrected chi connectivity index (χ3v) is 8.01. The summed E-state index contributed by atoms with van der Waals surface area (Å²) in [6.45, 7) is 6.92. The molecule has 3 heterocycles. The first-order chi connectivity index (χ1) is 19.1. The van der Waals surface area contributed by atoms with E-state index in [1.165, 1.54) is 11.3 Å². The van der Waals surface area contributed by atoms with E-state index in [-0.39, 0.29) is 5.56 Å². The SMILES string of the molecule is CCOc1ccc2nc(N(CCCN3CCOCC3)C(=O)c3cc4c(ccc5ccccc54)oc3=O)sc2c1. The van der Waals surface area contributed by atoms with Crippen molar-refractivity contribution in [3.8, 4) is 5.75 Å². The van der Waals surface area contributed by atoms with E-state index in [2.05, 4.69) is 4.90 Å². The van der Waals surface area contributed by atoms with Crippen molar-refractivity contribution in [2.75, 3.05) is 50.9 Å². The quantitative estimate of drug-likeness (QED) is 0.193. The lowest BCUT2D eigenvalue weighted by molar-refractivity contribution is 0.0376. The zero-order valence-corrected chi connectivity index (χ0v) is 22.5. The molecular formula is C30H29N3O5S. The number of aromatic nitrogens is 1. The lowest BCUT2D eigenvalue weighted by atomic mass is 10.0. The molecule has 1 saturated heterocycles. The second kappa shape index (κ2) is 11.1. The summed E-state index contributed by atoms with van der Waals surface area (Å²) >= 11 is 1.41. The number of amides is 1. The van der Waals surface area contributed by atoms with Gasteiger partial charge in [-0.25, -0.2) is 9.78 Å². The molecule has 0 saturated carbocycles. The molecule has 200 valence electrons. The molecule has 1 aliphatic heterocycles. The minimum atomic E-state index is -0.652. The van der Waals surface area contributed by atoms with Gasteiger partial charge in [0.2, 0.25) is 0 Å². The van der Waals surface area contributed by atoms with Crippen LogP contribution in [-0.2, 0) is 4.74 Å². The molecular weight excluding hydrogens is 514 g/mol. The average molecular weight is 544 g/mol. The maximum Gasteiger partial charge on any atom is 0.349 e. The molecule has 0 bridgehead atoms. The van der Waals surface area contributed by atoms with Crippen molar-refractivity contribution < 1.29 is 18.7 Å². The summed E-state index contributed by atoms with van der Waals surface area (Å²) < 4.78 is 17.7. The lowest BCUT2D eigenvalue weighted by Crippen LogP contribution is -2.40. The van der Waals surface area contributed by atoms with Gasteiger partial charge in [0.15, 0.2) is 5.13 Å². The van der Waals surface area contributed by atoms with Gasteiger partial charge in [-0.15, -0.1) is 0 Å². The van der Waals surface area contributed by atoms with Crippen LogP contribution in [0.5, 0.6) is 5.75 Å². The van der Waals surface area contributed by atoms with Gasteiger partial charge < -0.3 is 13.9 Å². The summed E-state index contributed by atoms with van der Waals surface area (Å²) in [6, 6.07) is 18.9. The normalized spacial score (nSPS) is 14.3. The van der Waals surface area contributed by atoms with E-state index in [0.717, 1.165) is 71.4 Å². The predicted octanol–water partition coefficient (Wildman–Crippen LogP) is 5.32. The highest BCUT2D eigenvalue weighted by Crippen LogP contribution is 2.33. The van der Waals surface area contributed by atoms with Crippen LogP contribution in [0.2, 0.25) is 0 Å². The number of thiazole rings is 1. The highest BCUT2D eigenvalue weighted by atomic mass is 32.1. The van der Waals surface area contributed by atoms with Crippen LogP contribution < -0.4 is 15.3 Å². The molecule has 6 rings (SSSR count). The maximum absolute atomic E-state index is 14.0. The van der Waals surface area contributed by atoms with Crippen molar-refractivity contribution in [3.05, 3.63) is 76.6 Å². The number of morpholine rings is 1. The molecule has 1 amide bonds. The largest absolute Gasteiger partial charge is 0.494 e. The van der Waals surface area contributed by atoms with Crippen LogP contribution in [0.3, 0.4) is 0 Å². The van der Waals surface area contributed by atoms with Crippen LogP contribution in [0.4, 0.5) is 5.13 Å². The summed E-state index contributed by atoms with van der Waals surface area (Å²) in [5.74, 6) is 0.345. The molecule has 3 aromatic carbocycles. The van der Waals surface area contributed by atoms with Crippen LogP contribution in [-0.4, -0.2) is 61.8 Å². The van der Waals surface area contributed by atoms with Crippen LogP contribution in [0.25, 0.3) is 32.0 Å². The van der Waals surface area contributed by atoms with Crippen LogP contribution >= 0.6 is 11.3 Å². The maximum atomic E-state index is 14.0. The van der Waals surface area contributed by atoms with Crippen LogP contribution in [0, 0.1) is 0 Å². The highest BCUT2D eigenvalue weighted by Gasteiger charge is 2.25. The molecule has 39 heavy (non-hydrogen) atoms. The molecule has 1 fully saturated rings. The Morgan fingerprint density at radius 3 is 2.77 bits per heavy atom. The zero-order chi connectivity index (χ0) is 26.8. The smallest absolute Gasteiger partial charge is 0.349 e. The van der Waals surface area contributed by atoms with E-state index in [1.54, 1.807) is 17.0 Å². The van der Waals surface area contributed by atoms with Gasteiger partial charge in [0, 0.05) is 31.6 Å². The molecule has 5 aromatic rings. The fraction of sp³-hybridized carbons (Fsp3) is 0.300. The Morgan fingerprint density at radius 2 is 1.92 bits per heavy atom. The lowest BCUT2D eigenvalue weighted by Gasteiger charge is -2.27. The van der Waals surface area contributed by atoms with Gasteiger partial charge in [-0.3, -0.25) is 14.6 Å². The molecule has 2 aromatic heterocycles. The van der Waals surface area contributed by atoms with E-state index in [9.17, 15) is 9.59 Å². The zero-order valence-electron chi connectivity index (χ0n) is 21.7. The summed E-state index contributed by atoms with van der Waals surface area (Å²) in [5, 5.41) is 3.21. The molecule has 0 atom stereocenters. The van der Waals surface area contributed by atoms with Crippen LogP contribution in [0.1, 0.15) is 23.7 Å². The number of nitrogens with zero attached hydrogens (tertiary/aromatic N) is 3. The first-order valence-electron chi connectivity index (χ1n) is 13.2. The Morgan fingerprint density at radius 1 is 1.08 bits per heavy atom. The van der Waals surface area contributed by atoms with Crippen molar-refractivity contribution in [2.45, 2.75) is 13.3 Å². The first kappa shape index (κ1) is 25.5. The highest BCUT2D eigenvalue weighted by molar-refractivity contribution is 7.22. The number of ether oxygens (including phenoxy) is 2. The Balaban J connectivity index is 1.38. The number of carbonyl (C=O) groups excluding carboxylic acids is 1. The van der Waals surface area contributed by atoms with Gasteiger partial charge in [0.05, 0.1) is 30.0 Å². The van der Waals surface area contributed by atoms with Crippen molar-refractivity contribution >= 4 is 54.3 Å². The van der Waals surface area contributed by atoms with E-state index in [0.29, 0.717) is 23.9 Å². The summed E-state index contributed by atoms with van der Waals surface area (Å²) in [5.41, 5.74) is 0.582. The molecule has 0 N–H and O–H groups in total. The predicted molar refractivity (Wildman–Crippen MR) is 154 cm³/mol. The van der Waals surface area contributed by atoms with E-state index < -0.39 is 11.5 Å². The molecule has 0 aliphatic carbocycles. The van der Waals surface area contributed by atoms with Crippen LogP contribution in [0.15, 0.2) is 69.9 Å². The fourth-order valence-electron chi connectivity index (χ4n) is 4.99. The molecule has 9 heteroatoms. The summed E-state index contributed by atoms with van der Waals surface area (Å²) in [4.78, 5) is 35.9. The minimum Gasteiger partial charge on any atom is -0.494 e. The van der Waals surface area contributed by atoms with Gasteiger partial charge in [0.1, 0.15) is 16.9 Å². The average Bonchev–Trinajstić information content (AvgIpc) is 3.38. The second-order valence-electron chi connectivity index (χ2n) is 9.47. The minimum absolute atomic E-state index is 0.000475. The van der Waals surface area contributed by atoms with Gasteiger partial charge in [-0.1, -0.05) is 41.7 Å². The molecule has 8 nitrogen and oxygen atoms in total. The number of benzene rings is 3. The summed E-state index contributed by atoms with van der Waals surface area (Å²) in [7, 11) is 0. The number of carbonyl (C=O) groups is 1. The topological polar surface area (TPSA) is 85.1 Å². The van der Waals surface area contributed by atoms with E-state index in [1.807, 2.05) is 55.5 Å². The van der Waals surface area contributed by atoms with Crippen molar-refractivity contribution in [1.82, 2.24) is 9.88 Å². The van der Waals surface area contributed by atoms with Crippen molar-refractivity contribution in [3.63, 3.8) is 0 Å². The molecule has 0 spiro atoms. The van der Waals surface area contributed by atoms with E-state index in [4.69, 9.17) is 18.9 Å². The molecule has 0 radical (unpaired) electrons. The first-order valence-corrected chi connectivity index (χ1v) is 14.0. The Bertz CT molecular complexity index is 1710. The Kier molecular flexibility index (Phi) is 7.28. The second-order valence-corrected chi connectivity index (χ2v) is 10.5. The van der Waals surface area contributed by atoms with Crippen molar-refractivity contribution in [1.29, 1.82) is 0 Å². The number of fused-ring (bicyclic) bond motifs is 4.